The quantitative estimate of drug-likeness (QED) is 0.653. The van der Waals surface area contributed by atoms with Crippen LogP contribution in [0.2, 0.25) is 0 Å². The summed E-state index contributed by atoms with van der Waals surface area (Å²) in [6.45, 7) is 1.16. The van der Waals surface area contributed by atoms with Gasteiger partial charge in [-0.1, -0.05) is 18.2 Å². The van der Waals surface area contributed by atoms with Crippen LogP contribution in [0.1, 0.15) is 33.4 Å². The second kappa shape index (κ2) is 10.2. The number of hydrogen-bond acceptors (Lipinski definition) is 7. The van der Waals surface area contributed by atoms with Gasteiger partial charge in [0.05, 0.1) is 19.2 Å². The summed E-state index contributed by atoms with van der Waals surface area (Å²) in [6, 6.07) is 9.70. The van der Waals surface area contributed by atoms with Crippen molar-refractivity contribution in [2.75, 3.05) is 19.0 Å². The Bertz CT molecular complexity index is 849. The van der Waals surface area contributed by atoms with Gasteiger partial charge < -0.3 is 20.1 Å². The Labute approximate surface area is 165 Å². The Kier molecular flexibility index (Phi) is 7.70. The van der Waals surface area contributed by atoms with E-state index >= 15 is 0 Å². The zero-order valence-electron chi connectivity index (χ0n) is 15.4. The van der Waals surface area contributed by atoms with Gasteiger partial charge in [0.2, 0.25) is 0 Å². The normalized spacial score (nSPS) is 11.2. The summed E-state index contributed by atoms with van der Waals surface area (Å²) in [7, 11) is 1.24. The van der Waals surface area contributed by atoms with Gasteiger partial charge in [-0.05, 0) is 30.5 Å². The predicted molar refractivity (Wildman–Crippen MR) is 103 cm³/mol. The second-order valence-electron chi connectivity index (χ2n) is 5.81. The van der Waals surface area contributed by atoms with Crippen molar-refractivity contribution >= 4 is 40.8 Å². The minimum Gasteiger partial charge on any atom is -0.465 e. The molecule has 0 aliphatic heterocycles. The molecule has 2 aromatic rings. The first-order valence-corrected chi connectivity index (χ1v) is 9.26. The molecule has 9 heteroatoms. The largest absolute Gasteiger partial charge is 0.465 e. The lowest BCUT2D eigenvalue weighted by atomic mass is 10.2. The van der Waals surface area contributed by atoms with Crippen molar-refractivity contribution in [2.24, 2.45) is 0 Å². The predicted octanol–water partition coefficient (Wildman–Crippen LogP) is 2.22. The van der Waals surface area contributed by atoms with E-state index in [4.69, 9.17) is 4.74 Å². The number of nitrogens with one attached hydrogen (secondary N) is 2. The molecule has 1 heterocycles. The van der Waals surface area contributed by atoms with Crippen LogP contribution in [-0.4, -0.2) is 43.5 Å². The van der Waals surface area contributed by atoms with Gasteiger partial charge in [0.1, 0.15) is 4.88 Å². The lowest BCUT2D eigenvalue weighted by Crippen LogP contribution is -2.35. The van der Waals surface area contributed by atoms with Gasteiger partial charge in [0.25, 0.3) is 11.8 Å². The fourth-order valence-electron chi connectivity index (χ4n) is 2.25. The van der Waals surface area contributed by atoms with E-state index < -0.39 is 30.5 Å². The molecule has 0 aliphatic carbocycles. The summed E-state index contributed by atoms with van der Waals surface area (Å²) in [4.78, 5) is 47.6. The average Bonchev–Trinajstić information content (AvgIpc) is 3.14. The van der Waals surface area contributed by atoms with Gasteiger partial charge in [0, 0.05) is 11.6 Å². The van der Waals surface area contributed by atoms with Crippen LogP contribution in [0.5, 0.6) is 0 Å². The Morgan fingerprint density at radius 3 is 2.50 bits per heavy atom. The first-order valence-electron chi connectivity index (χ1n) is 8.38. The van der Waals surface area contributed by atoms with Crippen molar-refractivity contribution in [3.05, 3.63) is 52.2 Å². The van der Waals surface area contributed by atoms with Crippen LogP contribution in [0.3, 0.4) is 0 Å². The van der Waals surface area contributed by atoms with Gasteiger partial charge in [0.15, 0.2) is 6.61 Å². The highest BCUT2D eigenvalue weighted by atomic mass is 32.1. The second-order valence-corrected chi connectivity index (χ2v) is 6.72. The molecule has 148 valence electrons. The van der Waals surface area contributed by atoms with Crippen LogP contribution < -0.4 is 10.6 Å². The Morgan fingerprint density at radius 2 is 1.82 bits per heavy atom. The van der Waals surface area contributed by atoms with Gasteiger partial charge >= 0.3 is 11.9 Å². The monoisotopic (exact) mass is 404 g/mol. The molecule has 8 nitrogen and oxygen atoms in total. The highest BCUT2D eigenvalue weighted by Crippen LogP contribution is 2.22. The lowest BCUT2D eigenvalue weighted by molar-refractivity contribution is -0.147. The van der Waals surface area contributed by atoms with Crippen molar-refractivity contribution in [1.82, 2.24) is 5.32 Å². The number of hydrogen-bond donors (Lipinski definition) is 2. The van der Waals surface area contributed by atoms with Crippen molar-refractivity contribution in [3.8, 4) is 0 Å². The Morgan fingerprint density at radius 1 is 1.11 bits per heavy atom. The van der Waals surface area contributed by atoms with Crippen LogP contribution >= 0.6 is 11.3 Å². The number of benzene rings is 1. The van der Waals surface area contributed by atoms with Gasteiger partial charge in [-0.15, -0.1) is 11.3 Å². The number of carbonyl (C=O) groups is 4. The Balaban J connectivity index is 1.76. The van der Waals surface area contributed by atoms with E-state index in [1.165, 1.54) is 7.11 Å². The van der Waals surface area contributed by atoms with Crippen molar-refractivity contribution in [1.29, 1.82) is 0 Å². The molecule has 1 unspecified atom stereocenters. The maximum Gasteiger partial charge on any atom is 0.350 e. The number of anilines is 1. The SMILES string of the molecule is COC(=O)c1sccc1NC(=O)COC(=O)CC(C)NC(=O)c1ccccc1. The van der Waals surface area contributed by atoms with E-state index in [0.717, 1.165) is 11.3 Å². The first-order chi connectivity index (χ1) is 13.4. The molecule has 1 aromatic carbocycles. The summed E-state index contributed by atoms with van der Waals surface area (Å²) >= 11 is 1.12. The molecular weight excluding hydrogens is 384 g/mol. The van der Waals surface area contributed by atoms with E-state index in [2.05, 4.69) is 15.4 Å². The molecule has 0 saturated heterocycles. The molecule has 28 heavy (non-hydrogen) atoms. The minimum absolute atomic E-state index is 0.0856. The third-order valence-electron chi connectivity index (χ3n) is 3.56. The highest BCUT2D eigenvalue weighted by Gasteiger charge is 2.18. The van der Waals surface area contributed by atoms with Crippen LogP contribution in [0.4, 0.5) is 5.69 Å². The van der Waals surface area contributed by atoms with Gasteiger partial charge in [-0.25, -0.2) is 4.79 Å². The highest BCUT2D eigenvalue weighted by molar-refractivity contribution is 7.12. The minimum atomic E-state index is -0.630. The molecule has 0 radical (unpaired) electrons. The molecule has 1 aromatic heterocycles. The van der Waals surface area contributed by atoms with Crippen molar-refractivity contribution in [3.63, 3.8) is 0 Å². The number of ether oxygens (including phenoxy) is 2. The maximum absolute atomic E-state index is 12.0. The Hall–Kier alpha value is -3.20. The summed E-state index contributed by atoms with van der Waals surface area (Å²) in [6.07, 6.45) is -0.0856. The molecule has 0 spiro atoms. The number of amides is 2. The number of carbonyl (C=O) groups excluding carboxylic acids is 4. The summed E-state index contributed by atoms with van der Waals surface area (Å²) in [5.41, 5.74) is 0.778. The molecule has 0 aliphatic rings. The lowest BCUT2D eigenvalue weighted by Gasteiger charge is -2.13. The first kappa shape index (κ1) is 21.1. The van der Waals surface area contributed by atoms with E-state index in [9.17, 15) is 19.2 Å². The molecule has 2 N–H and O–H groups in total. The van der Waals surface area contributed by atoms with Crippen molar-refractivity contribution < 1.29 is 28.7 Å². The van der Waals surface area contributed by atoms with E-state index in [-0.39, 0.29) is 17.2 Å². The number of methoxy groups -OCH3 is 1. The third-order valence-corrected chi connectivity index (χ3v) is 4.46. The van der Waals surface area contributed by atoms with Crippen LogP contribution in [0, 0.1) is 0 Å². The average molecular weight is 404 g/mol. The molecular formula is C19H20N2O6S. The fraction of sp³-hybridized carbons (Fsp3) is 0.263. The number of thiophene rings is 1. The number of rotatable bonds is 8. The van der Waals surface area contributed by atoms with Crippen LogP contribution in [0.15, 0.2) is 41.8 Å². The van der Waals surface area contributed by atoms with E-state index in [1.54, 1.807) is 48.7 Å². The molecule has 0 bridgehead atoms. The van der Waals surface area contributed by atoms with E-state index in [1.807, 2.05) is 0 Å². The van der Waals surface area contributed by atoms with E-state index in [0.29, 0.717) is 11.3 Å². The molecule has 0 fully saturated rings. The van der Waals surface area contributed by atoms with Gasteiger partial charge in [-0.2, -0.15) is 0 Å². The standard InChI is InChI=1S/C19H20N2O6S/c1-12(20-18(24)13-6-4-3-5-7-13)10-16(23)27-11-15(22)21-14-8-9-28-17(14)19(25)26-2/h3-9,12H,10-11H2,1-2H3,(H,20,24)(H,21,22). The molecule has 0 saturated carbocycles. The summed E-state index contributed by atoms with van der Waals surface area (Å²) in [5.74, 6) is -2.08. The van der Waals surface area contributed by atoms with Crippen LogP contribution in [0.25, 0.3) is 0 Å². The zero-order valence-corrected chi connectivity index (χ0v) is 16.2. The maximum atomic E-state index is 12.0. The fourth-order valence-corrected chi connectivity index (χ4v) is 3.01. The topological polar surface area (TPSA) is 111 Å². The summed E-state index contributed by atoms with van der Waals surface area (Å²) < 4.78 is 9.54. The number of esters is 2. The molecule has 1 atom stereocenters. The summed E-state index contributed by atoms with van der Waals surface area (Å²) in [5, 5.41) is 6.81. The molecule has 2 rings (SSSR count). The molecule has 2 amide bonds. The van der Waals surface area contributed by atoms with Crippen LogP contribution in [-0.2, 0) is 19.1 Å². The van der Waals surface area contributed by atoms with Crippen molar-refractivity contribution in [2.45, 2.75) is 19.4 Å². The third kappa shape index (κ3) is 6.20. The van der Waals surface area contributed by atoms with Gasteiger partial charge in [-0.3, -0.25) is 14.4 Å². The zero-order chi connectivity index (χ0) is 20.5. The smallest absolute Gasteiger partial charge is 0.350 e.